The Balaban J connectivity index is 1.56. The van der Waals surface area contributed by atoms with Gasteiger partial charge in [0.1, 0.15) is 12.1 Å². The normalized spacial score (nSPS) is 10.5. The number of nitrogens with one attached hydrogen (secondary N) is 1. The first-order valence-electron chi connectivity index (χ1n) is 7.27. The van der Waals surface area contributed by atoms with Gasteiger partial charge in [0.25, 0.3) is 5.89 Å². The molecular formula is C17H16N4O2. The number of rotatable bonds is 5. The van der Waals surface area contributed by atoms with Crippen LogP contribution < -0.4 is 5.32 Å². The molecule has 0 saturated carbocycles. The molecule has 116 valence electrons. The van der Waals surface area contributed by atoms with Crippen molar-refractivity contribution < 1.29 is 9.21 Å². The third-order valence-corrected chi connectivity index (χ3v) is 3.27. The Kier molecular flexibility index (Phi) is 4.42. The first-order valence-corrected chi connectivity index (χ1v) is 7.27. The van der Waals surface area contributed by atoms with Gasteiger partial charge < -0.3 is 9.73 Å². The molecule has 0 saturated heterocycles. The van der Waals surface area contributed by atoms with Crippen molar-refractivity contribution in [1.29, 1.82) is 0 Å². The zero-order valence-electron chi connectivity index (χ0n) is 12.7. The highest BCUT2D eigenvalue weighted by Gasteiger charge is 2.12. The van der Waals surface area contributed by atoms with Gasteiger partial charge in [0, 0.05) is 12.7 Å². The molecule has 0 bridgehead atoms. The van der Waals surface area contributed by atoms with Gasteiger partial charge in [0.05, 0.1) is 0 Å². The molecule has 6 heteroatoms. The van der Waals surface area contributed by atoms with E-state index >= 15 is 0 Å². The van der Waals surface area contributed by atoms with Crippen LogP contribution >= 0.6 is 0 Å². The number of hydrogen-bond acceptors (Lipinski definition) is 5. The minimum Gasteiger partial charge on any atom is -0.419 e. The molecule has 1 N–H and O–H groups in total. The first kappa shape index (κ1) is 14.9. The SMILES string of the molecule is Cc1ccc(CNC(=O)Cc2nnc(-c3ccccn3)o2)cc1. The van der Waals surface area contributed by atoms with E-state index in [1.165, 1.54) is 5.56 Å². The third-order valence-electron chi connectivity index (χ3n) is 3.27. The van der Waals surface area contributed by atoms with Crippen LogP contribution in [-0.2, 0) is 17.8 Å². The Bertz CT molecular complexity index is 782. The molecule has 2 aromatic heterocycles. The summed E-state index contributed by atoms with van der Waals surface area (Å²) in [5.74, 6) is 0.417. The van der Waals surface area contributed by atoms with E-state index in [-0.39, 0.29) is 18.2 Å². The van der Waals surface area contributed by atoms with Crippen molar-refractivity contribution >= 4 is 5.91 Å². The predicted molar refractivity (Wildman–Crippen MR) is 84.3 cm³/mol. The Morgan fingerprint density at radius 2 is 1.96 bits per heavy atom. The minimum absolute atomic E-state index is 0.0473. The molecular weight excluding hydrogens is 292 g/mol. The summed E-state index contributed by atoms with van der Waals surface area (Å²) in [5.41, 5.74) is 2.82. The van der Waals surface area contributed by atoms with Crippen molar-refractivity contribution in [1.82, 2.24) is 20.5 Å². The molecule has 2 heterocycles. The summed E-state index contributed by atoms with van der Waals surface area (Å²) in [6, 6.07) is 13.4. The maximum Gasteiger partial charge on any atom is 0.266 e. The van der Waals surface area contributed by atoms with E-state index in [2.05, 4.69) is 20.5 Å². The lowest BCUT2D eigenvalue weighted by Crippen LogP contribution is -2.24. The van der Waals surface area contributed by atoms with E-state index in [1.54, 1.807) is 18.3 Å². The topological polar surface area (TPSA) is 80.9 Å². The summed E-state index contributed by atoms with van der Waals surface area (Å²) in [5, 5.41) is 10.6. The number of nitrogens with zero attached hydrogens (tertiary/aromatic N) is 3. The Morgan fingerprint density at radius 1 is 1.13 bits per heavy atom. The molecule has 0 aliphatic rings. The van der Waals surface area contributed by atoms with Crippen LogP contribution in [0.1, 0.15) is 17.0 Å². The second-order valence-corrected chi connectivity index (χ2v) is 5.16. The summed E-state index contributed by atoms with van der Waals surface area (Å²) in [7, 11) is 0. The van der Waals surface area contributed by atoms with Gasteiger partial charge in [-0.25, -0.2) is 0 Å². The number of carbonyl (C=O) groups excluding carboxylic acids is 1. The summed E-state index contributed by atoms with van der Waals surface area (Å²) in [6.45, 7) is 2.50. The zero-order valence-corrected chi connectivity index (χ0v) is 12.7. The molecule has 23 heavy (non-hydrogen) atoms. The standard InChI is InChI=1S/C17H16N4O2/c1-12-5-7-13(8-6-12)11-19-15(22)10-16-20-21-17(23-16)14-4-2-3-9-18-14/h2-9H,10-11H2,1H3,(H,19,22). The molecule has 3 rings (SSSR count). The predicted octanol–water partition coefficient (Wildman–Crippen LogP) is 2.30. The number of amides is 1. The van der Waals surface area contributed by atoms with Gasteiger partial charge in [-0.2, -0.15) is 0 Å². The average molecular weight is 308 g/mol. The smallest absolute Gasteiger partial charge is 0.266 e. The largest absolute Gasteiger partial charge is 0.419 e. The van der Waals surface area contributed by atoms with Crippen LogP contribution in [0.2, 0.25) is 0 Å². The number of benzene rings is 1. The van der Waals surface area contributed by atoms with Gasteiger partial charge in [-0.15, -0.1) is 10.2 Å². The number of pyridine rings is 1. The van der Waals surface area contributed by atoms with Gasteiger partial charge >= 0.3 is 0 Å². The third kappa shape index (κ3) is 4.00. The quantitative estimate of drug-likeness (QED) is 0.782. The van der Waals surface area contributed by atoms with E-state index in [9.17, 15) is 4.79 Å². The highest BCUT2D eigenvalue weighted by molar-refractivity contribution is 5.77. The number of hydrogen-bond donors (Lipinski definition) is 1. The van der Waals surface area contributed by atoms with Gasteiger partial charge in [0.2, 0.25) is 11.8 Å². The number of carbonyl (C=O) groups is 1. The fourth-order valence-electron chi connectivity index (χ4n) is 2.02. The van der Waals surface area contributed by atoms with Crippen LogP contribution in [0.4, 0.5) is 0 Å². The van der Waals surface area contributed by atoms with Crippen molar-refractivity contribution in [3.8, 4) is 11.6 Å². The lowest BCUT2D eigenvalue weighted by atomic mass is 10.1. The molecule has 3 aromatic rings. The Morgan fingerprint density at radius 3 is 2.70 bits per heavy atom. The molecule has 0 unspecified atom stereocenters. The van der Waals surface area contributed by atoms with Gasteiger partial charge in [0.15, 0.2) is 0 Å². The van der Waals surface area contributed by atoms with E-state index in [4.69, 9.17) is 4.42 Å². The fourth-order valence-corrected chi connectivity index (χ4v) is 2.02. The van der Waals surface area contributed by atoms with Crippen LogP contribution in [-0.4, -0.2) is 21.1 Å². The molecule has 6 nitrogen and oxygen atoms in total. The Labute approximate surface area is 133 Å². The van der Waals surface area contributed by atoms with Crippen molar-refractivity contribution in [2.24, 2.45) is 0 Å². The average Bonchev–Trinajstić information content (AvgIpc) is 3.04. The highest BCUT2D eigenvalue weighted by atomic mass is 16.4. The maximum atomic E-state index is 11.9. The van der Waals surface area contributed by atoms with Crippen molar-refractivity contribution in [3.05, 3.63) is 65.7 Å². The monoisotopic (exact) mass is 308 g/mol. The van der Waals surface area contributed by atoms with E-state index in [0.29, 0.717) is 18.1 Å². The fraction of sp³-hybridized carbons (Fsp3) is 0.176. The maximum absolute atomic E-state index is 11.9. The molecule has 0 aliphatic carbocycles. The van der Waals surface area contributed by atoms with Crippen molar-refractivity contribution in [2.75, 3.05) is 0 Å². The molecule has 0 radical (unpaired) electrons. The summed E-state index contributed by atoms with van der Waals surface area (Å²) in [6.07, 6.45) is 1.69. The van der Waals surface area contributed by atoms with Gasteiger partial charge in [-0.05, 0) is 24.6 Å². The van der Waals surface area contributed by atoms with E-state index in [1.807, 2.05) is 37.3 Å². The van der Waals surface area contributed by atoms with Crippen LogP contribution in [0.5, 0.6) is 0 Å². The van der Waals surface area contributed by atoms with Crippen LogP contribution in [0.15, 0.2) is 53.1 Å². The molecule has 1 amide bonds. The lowest BCUT2D eigenvalue weighted by molar-refractivity contribution is -0.120. The van der Waals surface area contributed by atoms with Crippen LogP contribution in [0.3, 0.4) is 0 Å². The number of aromatic nitrogens is 3. The Hall–Kier alpha value is -3.02. The minimum atomic E-state index is -0.165. The van der Waals surface area contributed by atoms with Gasteiger partial charge in [-0.3, -0.25) is 9.78 Å². The zero-order chi connectivity index (χ0) is 16.1. The molecule has 0 spiro atoms. The molecule has 1 aromatic carbocycles. The highest BCUT2D eigenvalue weighted by Crippen LogP contribution is 2.14. The van der Waals surface area contributed by atoms with E-state index in [0.717, 1.165) is 5.56 Å². The summed E-state index contributed by atoms with van der Waals surface area (Å²) in [4.78, 5) is 16.1. The van der Waals surface area contributed by atoms with Gasteiger partial charge in [-0.1, -0.05) is 35.9 Å². The summed E-state index contributed by atoms with van der Waals surface area (Å²) >= 11 is 0. The number of aryl methyl sites for hydroxylation is 1. The molecule has 0 aliphatic heterocycles. The molecule has 0 atom stereocenters. The molecule has 0 fully saturated rings. The first-order chi connectivity index (χ1) is 11.2. The second-order valence-electron chi connectivity index (χ2n) is 5.16. The lowest BCUT2D eigenvalue weighted by Gasteiger charge is -2.04. The van der Waals surface area contributed by atoms with Crippen LogP contribution in [0, 0.1) is 6.92 Å². The summed E-state index contributed by atoms with van der Waals surface area (Å²) < 4.78 is 5.46. The van der Waals surface area contributed by atoms with Crippen LogP contribution in [0.25, 0.3) is 11.6 Å². The van der Waals surface area contributed by atoms with Crippen molar-refractivity contribution in [2.45, 2.75) is 19.9 Å². The second kappa shape index (κ2) is 6.83. The van der Waals surface area contributed by atoms with Crippen molar-refractivity contribution in [3.63, 3.8) is 0 Å². The van der Waals surface area contributed by atoms with E-state index < -0.39 is 0 Å².